The van der Waals surface area contributed by atoms with E-state index in [0.717, 1.165) is 51.3 Å². The maximum Gasteiger partial charge on any atom is 0.271 e. The molecule has 1 N–H and O–H groups in total. The zero-order chi connectivity index (χ0) is 19.9. The molecule has 0 spiro atoms. The summed E-state index contributed by atoms with van der Waals surface area (Å²) in [4.78, 5) is 17.2. The second-order valence-corrected chi connectivity index (χ2v) is 7.98. The van der Waals surface area contributed by atoms with Gasteiger partial charge in [0.15, 0.2) is 0 Å². The van der Waals surface area contributed by atoms with Gasteiger partial charge in [0.05, 0.1) is 0 Å². The number of carbonyl (C=O) groups excluding carboxylic acids is 1. The molecule has 0 aromatic heterocycles. The van der Waals surface area contributed by atoms with Crippen LogP contribution in [-0.4, -0.2) is 42.7 Å². The normalized spacial score (nSPS) is 17.8. The van der Waals surface area contributed by atoms with Crippen LogP contribution in [0.2, 0.25) is 0 Å². The summed E-state index contributed by atoms with van der Waals surface area (Å²) in [6, 6.07) is 18.6. The lowest BCUT2D eigenvalue weighted by atomic mass is 9.99. The minimum Gasteiger partial charge on any atom is -0.369 e. The number of para-hydroxylation sites is 1. The summed E-state index contributed by atoms with van der Waals surface area (Å²) < 4.78 is 0. The summed E-state index contributed by atoms with van der Waals surface area (Å²) >= 11 is 0. The second-order valence-electron chi connectivity index (χ2n) is 7.98. The number of carbonyl (C=O) groups is 1. The molecule has 1 saturated carbocycles. The molecule has 1 saturated heterocycles. The Bertz CT molecular complexity index is 816. The monoisotopic (exact) mass is 390 g/mol. The van der Waals surface area contributed by atoms with E-state index in [0.29, 0.717) is 5.56 Å². The molecule has 152 valence electrons. The molecule has 0 radical (unpaired) electrons. The molecule has 2 aliphatic rings. The highest BCUT2D eigenvalue weighted by Gasteiger charge is 2.17. The van der Waals surface area contributed by atoms with Gasteiger partial charge in [-0.05, 0) is 55.5 Å². The fraction of sp³-hybridized carbons (Fsp3) is 0.417. The third kappa shape index (κ3) is 5.45. The van der Waals surface area contributed by atoms with Crippen LogP contribution in [0, 0.1) is 0 Å². The van der Waals surface area contributed by atoms with Gasteiger partial charge in [0.2, 0.25) is 0 Å². The molecule has 5 nitrogen and oxygen atoms in total. The molecule has 0 atom stereocenters. The molecule has 1 aliphatic heterocycles. The number of hydrogen-bond acceptors (Lipinski definition) is 4. The van der Waals surface area contributed by atoms with Gasteiger partial charge < -0.3 is 4.90 Å². The van der Waals surface area contributed by atoms with E-state index in [1.54, 1.807) is 0 Å². The number of rotatable bonds is 5. The summed E-state index contributed by atoms with van der Waals surface area (Å²) in [6.45, 7) is 5.12. The average molecular weight is 391 g/mol. The molecule has 2 aromatic carbocycles. The first kappa shape index (κ1) is 19.6. The highest BCUT2D eigenvalue weighted by Crippen LogP contribution is 2.17. The van der Waals surface area contributed by atoms with Gasteiger partial charge in [-0.25, -0.2) is 5.43 Å². The molecule has 29 heavy (non-hydrogen) atoms. The number of benzene rings is 2. The Morgan fingerprint density at radius 2 is 1.55 bits per heavy atom. The smallest absolute Gasteiger partial charge is 0.271 e. The average Bonchev–Trinajstić information content (AvgIpc) is 2.80. The molecule has 0 bridgehead atoms. The van der Waals surface area contributed by atoms with Gasteiger partial charge in [0, 0.05) is 49.7 Å². The van der Waals surface area contributed by atoms with Crippen LogP contribution < -0.4 is 10.3 Å². The first-order valence-corrected chi connectivity index (χ1v) is 10.7. The van der Waals surface area contributed by atoms with E-state index in [9.17, 15) is 4.79 Å². The quantitative estimate of drug-likeness (QED) is 0.784. The van der Waals surface area contributed by atoms with E-state index in [1.165, 1.54) is 30.5 Å². The predicted molar refractivity (Wildman–Crippen MR) is 118 cm³/mol. The van der Waals surface area contributed by atoms with Gasteiger partial charge in [-0.2, -0.15) is 5.10 Å². The molecule has 2 fully saturated rings. The first-order chi connectivity index (χ1) is 14.3. The molecular formula is C24H30N4O. The number of hydrazone groups is 1. The molecule has 1 aliphatic carbocycles. The Morgan fingerprint density at radius 1 is 0.862 bits per heavy atom. The van der Waals surface area contributed by atoms with Crippen molar-refractivity contribution in [1.29, 1.82) is 0 Å². The van der Waals surface area contributed by atoms with E-state index in [-0.39, 0.29) is 5.91 Å². The van der Waals surface area contributed by atoms with Crippen LogP contribution in [0.15, 0.2) is 59.7 Å². The molecular weight excluding hydrogens is 360 g/mol. The van der Waals surface area contributed by atoms with Crippen molar-refractivity contribution in [3.05, 3.63) is 65.7 Å². The molecule has 1 amide bonds. The maximum atomic E-state index is 12.3. The number of anilines is 1. The van der Waals surface area contributed by atoms with Gasteiger partial charge in [-0.3, -0.25) is 9.69 Å². The summed E-state index contributed by atoms with van der Waals surface area (Å²) in [5, 5.41) is 4.31. The minimum absolute atomic E-state index is 0.119. The van der Waals surface area contributed by atoms with Crippen LogP contribution in [0.25, 0.3) is 0 Å². The zero-order valence-electron chi connectivity index (χ0n) is 17.0. The first-order valence-electron chi connectivity index (χ1n) is 10.7. The lowest BCUT2D eigenvalue weighted by Gasteiger charge is -2.36. The number of nitrogens with zero attached hydrogens (tertiary/aromatic N) is 3. The number of nitrogens with one attached hydrogen (secondary N) is 1. The lowest BCUT2D eigenvalue weighted by molar-refractivity contribution is 0.0954. The molecule has 1 heterocycles. The Morgan fingerprint density at radius 3 is 2.24 bits per heavy atom. The van der Waals surface area contributed by atoms with Crippen molar-refractivity contribution in [3.63, 3.8) is 0 Å². The minimum atomic E-state index is -0.119. The molecule has 5 heteroatoms. The van der Waals surface area contributed by atoms with Crippen molar-refractivity contribution < 1.29 is 4.79 Å². The van der Waals surface area contributed by atoms with Crippen LogP contribution in [0.3, 0.4) is 0 Å². The zero-order valence-corrected chi connectivity index (χ0v) is 17.0. The van der Waals surface area contributed by atoms with Crippen molar-refractivity contribution in [3.8, 4) is 0 Å². The fourth-order valence-corrected chi connectivity index (χ4v) is 4.09. The maximum absolute atomic E-state index is 12.3. The molecule has 0 unspecified atom stereocenters. The van der Waals surface area contributed by atoms with Gasteiger partial charge in [0.25, 0.3) is 5.91 Å². The van der Waals surface area contributed by atoms with Crippen molar-refractivity contribution in [2.75, 3.05) is 31.1 Å². The van der Waals surface area contributed by atoms with E-state index in [1.807, 2.05) is 12.1 Å². The Labute approximate surface area is 173 Å². The van der Waals surface area contributed by atoms with Crippen molar-refractivity contribution >= 4 is 17.3 Å². The van der Waals surface area contributed by atoms with Gasteiger partial charge in [0.1, 0.15) is 0 Å². The summed E-state index contributed by atoms with van der Waals surface area (Å²) in [6.07, 6.45) is 5.66. The Hall–Kier alpha value is -2.66. The van der Waals surface area contributed by atoms with Gasteiger partial charge in [-0.1, -0.05) is 36.8 Å². The summed E-state index contributed by atoms with van der Waals surface area (Å²) in [5.41, 5.74) is 7.06. The summed E-state index contributed by atoms with van der Waals surface area (Å²) in [5.74, 6) is -0.119. The lowest BCUT2D eigenvalue weighted by Crippen LogP contribution is -2.45. The van der Waals surface area contributed by atoms with Crippen molar-refractivity contribution in [1.82, 2.24) is 10.3 Å². The van der Waals surface area contributed by atoms with E-state index < -0.39 is 0 Å². The second kappa shape index (κ2) is 9.70. The highest BCUT2D eigenvalue weighted by atomic mass is 16.2. The summed E-state index contributed by atoms with van der Waals surface area (Å²) in [7, 11) is 0. The fourth-order valence-electron chi connectivity index (χ4n) is 4.09. The Kier molecular flexibility index (Phi) is 6.57. The molecule has 4 rings (SSSR count). The van der Waals surface area contributed by atoms with Gasteiger partial charge >= 0.3 is 0 Å². The predicted octanol–water partition coefficient (Wildman–Crippen LogP) is 4.06. The standard InChI is InChI=1S/C24H30N4O/c29-24(26-25-22-7-3-1-4-8-22)21-13-11-20(12-14-21)19-27-15-17-28(18-16-27)23-9-5-2-6-10-23/h2,5-6,9-14H,1,3-4,7-8,15-19H2,(H,26,29). The van der Waals surface area contributed by atoms with Crippen LogP contribution in [0.1, 0.15) is 48.0 Å². The van der Waals surface area contributed by atoms with Crippen LogP contribution in [-0.2, 0) is 6.54 Å². The SMILES string of the molecule is O=C(NN=C1CCCCC1)c1ccc(CN2CCN(c3ccccc3)CC2)cc1. The van der Waals surface area contributed by atoms with Crippen molar-refractivity contribution in [2.45, 2.75) is 38.6 Å². The van der Waals surface area contributed by atoms with E-state index in [2.05, 4.69) is 62.8 Å². The highest BCUT2D eigenvalue weighted by molar-refractivity contribution is 5.95. The molecule has 2 aromatic rings. The Balaban J connectivity index is 1.26. The number of piperazine rings is 1. The van der Waals surface area contributed by atoms with Gasteiger partial charge in [-0.15, -0.1) is 0 Å². The van der Waals surface area contributed by atoms with Crippen LogP contribution >= 0.6 is 0 Å². The number of hydrogen-bond donors (Lipinski definition) is 1. The van der Waals surface area contributed by atoms with E-state index >= 15 is 0 Å². The van der Waals surface area contributed by atoms with Crippen LogP contribution in [0.5, 0.6) is 0 Å². The van der Waals surface area contributed by atoms with Crippen molar-refractivity contribution in [2.24, 2.45) is 5.10 Å². The third-order valence-electron chi connectivity index (χ3n) is 5.86. The third-order valence-corrected chi connectivity index (χ3v) is 5.86. The largest absolute Gasteiger partial charge is 0.369 e. The van der Waals surface area contributed by atoms with E-state index in [4.69, 9.17) is 0 Å². The topological polar surface area (TPSA) is 47.9 Å². The van der Waals surface area contributed by atoms with Crippen LogP contribution in [0.4, 0.5) is 5.69 Å². The number of amides is 1.